The van der Waals surface area contributed by atoms with Gasteiger partial charge in [0.15, 0.2) is 4.80 Å². The number of benzene rings is 3. The number of nitrogens with one attached hydrogen (secondary N) is 1. The lowest BCUT2D eigenvalue weighted by Crippen LogP contribution is -2.40. The minimum atomic E-state index is -0.697. The van der Waals surface area contributed by atoms with E-state index < -0.39 is 6.04 Å². The van der Waals surface area contributed by atoms with Crippen LogP contribution >= 0.6 is 11.3 Å². The molecule has 0 unspecified atom stereocenters. The van der Waals surface area contributed by atoms with Crippen LogP contribution in [0.4, 0.5) is 5.69 Å². The van der Waals surface area contributed by atoms with Crippen molar-refractivity contribution in [1.82, 2.24) is 4.57 Å². The molecule has 8 nitrogen and oxygen atoms in total. The third kappa shape index (κ3) is 5.40. The predicted octanol–water partition coefficient (Wildman–Crippen LogP) is 4.52. The molecule has 1 aromatic heterocycles. The van der Waals surface area contributed by atoms with Crippen molar-refractivity contribution in [2.24, 2.45) is 4.99 Å². The molecule has 2 heterocycles. The second kappa shape index (κ2) is 11.5. The minimum absolute atomic E-state index is 0.260. The topological polar surface area (TPSA) is 91.2 Å². The highest BCUT2D eigenvalue weighted by Gasteiger charge is 2.32. The van der Waals surface area contributed by atoms with Crippen LogP contribution in [0.15, 0.2) is 81.7 Å². The smallest absolute Gasteiger partial charge is 0.271 e. The summed E-state index contributed by atoms with van der Waals surface area (Å²) in [6.07, 6.45) is 1.77. The molecule has 0 aliphatic carbocycles. The molecule has 1 aliphatic heterocycles. The zero-order chi connectivity index (χ0) is 29.3. The molecule has 41 heavy (non-hydrogen) atoms. The van der Waals surface area contributed by atoms with Gasteiger partial charge in [0.05, 0.1) is 43.2 Å². The number of carbonyl (C=O) groups excluding carboxylic acids is 1. The van der Waals surface area contributed by atoms with Crippen molar-refractivity contribution in [2.75, 3.05) is 26.6 Å². The normalized spacial score (nSPS) is 14.8. The van der Waals surface area contributed by atoms with Crippen LogP contribution in [0.1, 0.15) is 35.2 Å². The van der Waals surface area contributed by atoms with Gasteiger partial charge in [-0.3, -0.25) is 14.2 Å². The highest BCUT2D eigenvalue weighted by Crippen LogP contribution is 2.32. The van der Waals surface area contributed by atoms with Gasteiger partial charge in [0.2, 0.25) is 0 Å². The molecular weight excluding hydrogens is 538 g/mol. The lowest BCUT2D eigenvalue weighted by Gasteiger charge is -2.25. The largest absolute Gasteiger partial charge is 0.497 e. The zero-order valence-corrected chi connectivity index (χ0v) is 24.6. The van der Waals surface area contributed by atoms with E-state index in [1.54, 1.807) is 51.0 Å². The van der Waals surface area contributed by atoms with Crippen LogP contribution in [-0.4, -0.2) is 31.8 Å². The number of hydrogen-bond acceptors (Lipinski definition) is 7. The second-order valence-electron chi connectivity index (χ2n) is 9.74. The summed E-state index contributed by atoms with van der Waals surface area (Å²) in [6, 6.07) is 17.9. The number of anilines is 1. The Balaban J connectivity index is 1.68. The number of aromatic nitrogens is 1. The molecule has 9 heteroatoms. The van der Waals surface area contributed by atoms with E-state index in [9.17, 15) is 9.59 Å². The molecule has 0 saturated carbocycles. The fourth-order valence-electron chi connectivity index (χ4n) is 4.95. The van der Waals surface area contributed by atoms with Gasteiger partial charge in [-0.15, -0.1) is 0 Å². The highest BCUT2D eigenvalue weighted by atomic mass is 32.1. The van der Waals surface area contributed by atoms with Crippen molar-refractivity contribution >= 4 is 29.0 Å². The van der Waals surface area contributed by atoms with E-state index in [4.69, 9.17) is 19.2 Å². The maximum absolute atomic E-state index is 14.0. The van der Waals surface area contributed by atoms with Gasteiger partial charge >= 0.3 is 0 Å². The summed E-state index contributed by atoms with van der Waals surface area (Å²) in [5.74, 6) is 1.60. The van der Waals surface area contributed by atoms with Crippen molar-refractivity contribution in [1.29, 1.82) is 0 Å². The third-order valence-electron chi connectivity index (χ3n) is 7.05. The molecular formula is C32H31N3O5S. The summed E-state index contributed by atoms with van der Waals surface area (Å²) < 4.78 is 18.3. The molecule has 0 radical (unpaired) electrons. The summed E-state index contributed by atoms with van der Waals surface area (Å²) in [5, 5.41) is 3.05. The summed E-state index contributed by atoms with van der Waals surface area (Å²) in [4.78, 5) is 33.2. The number of rotatable bonds is 7. The quantitative estimate of drug-likeness (QED) is 0.354. The van der Waals surface area contributed by atoms with Gasteiger partial charge in [-0.1, -0.05) is 41.2 Å². The number of methoxy groups -OCH3 is 3. The van der Waals surface area contributed by atoms with E-state index >= 15 is 0 Å². The van der Waals surface area contributed by atoms with E-state index in [2.05, 4.69) is 5.32 Å². The fourth-order valence-corrected chi connectivity index (χ4v) is 5.99. The first-order valence-electron chi connectivity index (χ1n) is 13.0. The van der Waals surface area contributed by atoms with Crippen LogP contribution in [-0.2, 0) is 4.79 Å². The van der Waals surface area contributed by atoms with Crippen LogP contribution in [0.3, 0.4) is 0 Å². The van der Waals surface area contributed by atoms with Gasteiger partial charge < -0.3 is 19.5 Å². The maximum atomic E-state index is 14.0. The van der Waals surface area contributed by atoms with Crippen LogP contribution in [0.5, 0.6) is 17.2 Å². The monoisotopic (exact) mass is 569 g/mol. The van der Waals surface area contributed by atoms with Crippen molar-refractivity contribution in [2.45, 2.75) is 26.8 Å². The fraction of sp³-hybridized carbons (Fsp3) is 0.219. The number of allylic oxidation sites excluding steroid dienone is 1. The summed E-state index contributed by atoms with van der Waals surface area (Å²) >= 11 is 1.26. The SMILES string of the molecule is COc1ccc([C@@H]2C(C(=O)Nc3ccc(C)cc3C)=C(C)N=c3s/c(=C\c4cc(OC)ccc4OC)c(=O)n32)cc1. The number of fused-ring (bicyclic) bond motifs is 1. The summed E-state index contributed by atoms with van der Waals surface area (Å²) in [5.41, 5.74) is 4.89. The Bertz CT molecular complexity index is 1850. The lowest BCUT2D eigenvalue weighted by molar-refractivity contribution is -0.113. The Labute approximate surface area is 241 Å². The molecule has 4 aromatic rings. The molecule has 210 valence electrons. The van der Waals surface area contributed by atoms with E-state index in [-0.39, 0.29) is 11.5 Å². The average molecular weight is 570 g/mol. The number of carbonyl (C=O) groups is 1. The standard InChI is InChI=1S/C32H31N3O5S/c1-18-7-13-25(19(2)15-18)34-30(36)28-20(3)33-32-35(29(28)21-8-10-23(38-4)11-9-21)31(37)27(41-32)17-22-16-24(39-5)12-14-26(22)40-6/h7-17,29H,1-6H3,(H,34,36)/b27-17-/t29-/m1/s1. The number of thiazole rings is 1. The Morgan fingerprint density at radius 3 is 2.29 bits per heavy atom. The Kier molecular flexibility index (Phi) is 7.81. The van der Waals surface area contributed by atoms with E-state index in [0.717, 1.165) is 16.7 Å². The van der Waals surface area contributed by atoms with Crippen molar-refractivity contribution in [3.05, 3.63) is 114 Å². The molecule has 0 fully saturated rings. The van der Waals surface area contributed by atoms with Gasteiger partial charge in [-0.2, -0.15) is 0 Å². The average Bonchev–Trinajstić information content (AvgIpc) is 3.27. The number of ether oxygens (including phenoxy) is 3. The Morgan fingerprint density at radius 2 is 1.63 bits per heavy atom. The first-order valence-corrected chi connectivity index (χ1v) is 13.8. The van der Waals surface area contributed by atoms with Gasteiger partial charge in [0.1, 0.15) is 17.2 Å². The highest BCUT2D eigenvalue weighted by molar-refractivity contribution is 7.07. The van der Waals surface area contributed by atoms with Crippen molar-refractivity contribution in [3.63, 3.8) is 0 Å². The number of amides is 1. The van der Waals surface area contributed by atoms with Crippen LogP contribution in [0, 0.1) is 13.8 Å². The van der Waals surface area contributed by atoms with Crippen LogP contribution in [0.25, 0.3) is 6.08 Å². The van der Waals surface area contributed by atoms with Crippen LogP contribution < -0.4 is 34.4 Å². The Hall–Kier alpha value is -4.63. The van der Waals surface area contributed by atoms with Gasteiger partial charge in [0.25, 0.3) is 11.5 Å². The van der Waals surface area contributed by atoms with Gasteiger partial charge in [-0.05, 0) is 74.4 Å². The molecule has 5 rings (SSSR count). The first-order chi connectivity index (χ1) is 19.7. The molecule has 1 aliphatic rings. The molecule has 0 spiro atoms. The number of hydrogen-bond donors (Lipinski definition) is 1. The first kappa shape index (κ1) is 27.9. The van der Waals surface area contributed by atoms with Crippen molar-refractivity contribution in [3.8, 4) is 17.2 Å². The number of aryl methyl sites for hydroxylation is 2. The molecule has 0 bridgehead atoms. The summed E-state index contributed by atoms with van der Waals surface area (Å²) in [6.45, 7) is 5.76. The minimum Gasteiger partial charge on any atom is -0.497 e. The Morgan fingerprint density at radius 1 is 0.927 bits per heavy atom. The molecule has 1 atom stereocenters. The zero-order valence-electron chi connectivity index (χ0n) is 23.8. The van der Waals surface area contributed by atoms with Gasteiger partial charge in [0, 0.05) is 11.3 Å². The van der Waals surface area contributed by atoms with E-state index in [1.807, 2.05) is 62.4 Å². The molecule has 0 saturated heterocycles. The summed E-state index contributed by atoms with van der Waals surface area (Å²) in [7, 11) is 4.76. The van der Waals surface area contributed by atoms with Gasteiger partial charge in [-0.25, -0.2) is 4.99 Å². The maximum Gasteiger partial charge on any atom is 0.271 e. The third-order valence-corrected chi connectivity index (χ3v) is 8.03. The second-order valence-corrected chi connectivity index (χ2v) is 10.7. The van der Waals surface area contributed by atoms with E-state index in [0.29, 0.717) is 49.1 Å². The lowest BCUT2D eigenvalue weighted by atomic mass is 9.95. The number of nitrogens with zero attached hydrogens (tertiary/aromatic N) is 2. The van der Waals surface area contributed by atoms with Crippen molar-refractivity contribution < 1.29 is 19.0 Å². The molecule has 1 amide bonds. The van der Waals surface area contributed by atoms with E-state index in [1.165, 1.54) is 11.3 Å². The molecule has 3 aromatic carbocycles. The molecule has 1 N–H and O–H groups in total. The van der Waals surface area contributed by atoms with Crippen LogP contribution in [0.2, 0.25) is 0 Å². The predicted molar refractivity (Wildman–Crippen MR) is 161 cm³/mol.